The van der Waals surface area contributed by atoms with Crippen LogP contribution in [0.25, 0.3) is 5.69 Å². The number of halogens is 1. The van der Waals surface area contributed by atoms with Crippen molar-refractivity contribution in [3.05, 3.63) is 76.6 Å². The number of nitrogens with one attached hydrogen (secondary N) is 1. The van der Waals surface area contributed by atoms with Crippen LogP contribution in [-0.2, 0) is 4.79 Å². The Morgan fingerprint density at radius 1 is 0.969 bits per heavy atom. The molecule has 0 unspecified atom stereocenters. The number of nitrogens with zero attached hydrogens (tertiary/aromatic N) is 4. The molecule has 32 heavy (non-hydrogen) atoms. The fourth-order valence-electron chi connectivity index (χ4n) is 4.03. The van der Waals surface area contributed by atoms with Gasteiger partial charge in [-0.05, 0) is 44.2 Å². The van der Waals surface area contributed by atoms with Gasteiger partial charge in [0.25, 0.3) is 5.91 Å². The molecule has 3 aromatic rings. The van der Waals surface area contributed by atoms with Crippen LogP contribution in [-0.4, -0.2) is 59.2 Å². The van der Waals surface area contributed by atoms with Gasteiger partial charge in [-0.15, -0.1) is 0 Å². The van der Waals surface area contributed by atoms with Crippen LogP contribution in [0.2, 0.25) is 5.02 Å². The third-order valence-electron chi connectivity index (χ3n) is 5.73. The minimum absolute atomic E-state index is 0.0363. The summed E-state index contributed by atoms with van der Waals surface area (Å²) in [6.45, 7) is 6.28. The number of aromatic nitrogens is 2. The normalized spacial score (nSPS) is 13.8. The van der Waals surface area contributed by atoms with Crippen molar-refractivity contribution in [2.24, 2.45) is 0 Å². The standard InChI is InChI=1S/C24H26ClN5O2/c1-17-23(18(2)30(27-17)20-8-4-3-5-9-20)24(32)26-16-22(31)29-13-11-28(12-14-29)21-10-6-7-19(25)15-21/h3-10,15H,11-14,16H2,1-2H3,(H,26,32). The van der Waals surface area contributed by atoms with Crippen LogP contribution >= 0.6 is 11.6 Å². The molecule has 0 aliphatic carbocycles. The van der Waals surface area contributed by atoms with Gasteiger partial charge < -0.3 is 15.1 Å². The molecule has 2 heterocycles. The molecule has 8 heteroatoms. The van der Waals surface area contributed by atoms with Gasteiger partial charge in [0.1, 0.15) is 0 Å². The van der Waals surface area contributed by atoms with E-state index in [1.54, 1.807) is 16.5 Å². The fourth-order valence-corrected chi connectivity index (χ4v) is 4.22. The SMILES string of the molecule is Cc1nn(-c2ccccc2)c(C)c1C(=O)NCC(=O)N1CCN(c2cccc(Cl)c2)CC1. The number of benzene rings is 2. The Hall–Kier alpha value is -3.32. The van der Waals surface area contributed by atoms with Crippen LogP contribution in [0.1, 0.15) is 21.7 Å². The van der Waals surface area contributed by atoms with Crippen molar-refractivity contribution in [1.82, 2.24) is 20.0 Å². The summed E-state index contributed by atoms with van der Waals surface area (Å²) >= 11 is 6.09. The predicted molar refractivity (Wildman–Crippen MR) is 126 cm³/mol. The number of carbonyl (C=O) groups excluding carboxylic acids is 2. The lowest BCUT2D eigenvalue weighted by atomic mass is 10.2. The molecule has 0 spiro atoms. The Bertz CT molecular complexity index is 1120. The van der Waals surface area contributed by atoms with Gasteiger partial charge in [0.15, 0.2) is 0 Å². The number of amides is 2. The number of hydrogen-bond donors (Lipinski definition) is 1. The van der Waals surface area contributed by atoms with Crippen molar-refractivity contribution in [2.75, 3.05) is 37.6 Å². The molecule has 1 aromatic heterocycles. The van der Waals surface area contributed by atoms with Gasteiger partial charge in [-0.2, -0.15) is 5.10 Å². The van der Waals surface area contributed by atoms with Gasteiger partial charge in [0.2, 0.25) is 5.91 Å². The summed E-state index contributed by atoms with van der Waals surface area (Å²) in [5.74, 6) is -0.372. The van der Waals surface area contributed by atoms with Crippen molar-refractivity contribution in [1.29, 1.82) is 0 Å². The Balaban J connectivity index is 1.34. The lowest BCUT2D eigenvalue weighted by molar-refractivity contribution is -0.130. The van der Waals surface area contributed by atoms with E-state index in [1.165, 1.54) is 0 Å². The average Bonchev–Trinajstić information content (AvgIpc) is 3.12. The lowest BCUT2D eigenvalue weighted by Gasteiger charge is -2.36. The third-order valence-corrected chi connectivity index (χ3v) is 5.96. The number of rotatable bonds is 5. The van der Waals surface area contributed by atoms with E-state index in [2.05, 4.69) is 15.3 Å². The van der Waals surface area contributed by atoms with E-state index >= 15 is 0 Å². The van der Waals surface area contributed by atoms with E-state index < -0.39 is 0 Å². The van der Waals surface area contributed by atoms with Crippen molar-refractivity contribution < 1.29 is 9.59 Å². The summed E-state index contributed by atoms with van der Waals surface area (Å²) < 4.78 is 1.75. The van der Waals surface area contributed by atoms with E-state index in [4.69, 9.17) is 11.6 Å². The maximum Gasteiger partial charge on any atom is 0.255 e. The quantitative estimate of drug-likeness (QED) is 0.646. The monoisotopic (exact) mass is 451 g/mol. The smallest absolute Gasteiger partial charge is 0.255 e. The second-order valence-electron chi connectivity index (χ2n) is 7.82. The molecule has 7 nitrogen and oxygen atoms in total. The van der Waals surface area contributed by atoms with Crippen LogP contribution in [0.5, 0.6) is 0 Å². The first-order valence-corrected chi connectivity index (χ1v) is 11.0. The highest BCUT2D eigenvalue weighted by Gasteiger charge is 2.24. The largest absolute Gasteiger partial charge is 0.368 e. The molecule has 0 saturated carbocycles. The minimum Gasteiger partial charge on any atom is -0.368 e. The summed E-state index contributed by atoms with van der Waals surface area (Å²) in [7, 11) is 0. The summed E-state index contributed by atoms with van der Waals surface area (Å²) in [6, 6.07) is 17.4. The Labute approximate surface area is 192 Å². The summed E-state index contributed by atoms with van der Waals surface area (Å²) in [6.07, 6.45) is 0. The van der Waals surface area contributed by atoms with Gasteiger partial charge in [0.05, 0.1) is 29.2 Å². The summed E-state index contributed by atoms with van der Waals surface area (Å²) in [4.78, 5) is 29.5. The van der Waals surface area contributed by atoms with Crippen molar-refractivity contribution in [3.8, 4) is 5.69 Å². The zero-order chi connectivity index (χ0) is 22.7. The molecule has 2 amide bonds. The maximum atomic E-state index is 12.8. The fraction of sp³-hybridized carbons (Fsp3) is 0.292. The predicted octanol–water partition coefficient (Wildman–Crippen LogP) is 3.22. The Morgan fingerprint density at radius 3 is 2.34 bits per heavy atom. The van der Waals surface area contributed by atoms with Gasteiger partial charge in [-0.3, -0.25) is 9.59 Å². The number of para-hydroxylation sites is 1. The first-order chi connectivity index (χ1) is 15.4. The van der Waals surface area contributed by atoms with Crippen LogP contribution in [0, 0.1) is 13.8 Å². The highest BCUT2D eigenvalue weighted by molar-refractivity contribution is 6.30. The summed E-state index contributed by atoms with van der Waals surface area (Å²) in [5.41, 5.74) is 3.83. The molecule has 1 saturated heterocycles. The van der Waals surface area contributed by atoms with E-state index in [9.17, 15) is 9.59 Å². The molecule has 4 rings (SSSR count). The third kappa shape index (κ3) is 4.62. The molecule has 0 atom stereocenters. The van der Waals surface area contributed by atoms with Crippen LogP contribution < -0.4 is 10.2 Å². The van der Waals surface area contributed by atoms with Gasteiger partial charge in [-0.1, -0.05) is 35.9 Å². The molecular formula is C24H26ClN5O2. The van der Waals surface area contributed by atoms with Gasteiger partial charge >= 0.3 is 0 Å². The van der Waals surface area contributed by atoms with E-state index in [0.717, 1.165) is 30.2 Å². The van der Waals surface area contributed by atoms with E-state index in [-0.39, 0.29) is 18.4 Å². The zero-order valence-electron chi connectivity index (χ0n) is 18.2. The first-order valence-electron chi connectivity index (χ1n) is 10.6. The second-order valence-corrected chi connectivity index (χ2v) is 8.26. The van der Waals surface area contributed by atoms with Gasteiger partial charge in [0, 0.05) is 36.9 Å². The number of aryl methyl sites for hydroxylation is 1. The van der Waals surface area contributed by atoms with Crippen LogP contribution in [0.15, 0.2) is 54.6 Å². The minimum atomic E-state index is -0.284. The molecule has 0 radical (unpaired) electrons. The maximum absolute atomic E-state index is 12.8. The molecule has 1 aliphatic heterocycles. The van der Waals surface area contributed by atoms with E-state index in [1.807, 2.05) is 61.5 Å². The highest BCUT2D eigenvalue weighted by Crippen LogP contribution is 2.21. The molecule has 1 aliphatic rings. The number of piperazine rings is 1. The van der Waals surface area contributed by atoms with E-state index in [0.29, 0.717) is 29.4 Å². The average molecular weight is 452 g/mol. The second kappa shape index (κ2) is 9.44. The molecule has 0 bridgehead atoms. The van der Waals surface area contributed by atoms with Crippen molar-refractivity contribution in [2.45, 2.75) is 13.8 Å². The Kier molecular flexibility index (Phi) is 6.46. The van der Waals surface area contributed by atoms with Crippen LogP contribution in [0.4, 0.5) is 5.69 Å². The molecular weight excluding hydrogens is 426 g/mol. The number of anilines is 1. The zero-order valence-corrected chi connectivity index (χ0v) is 19.0. The summed E-state index contributed by atoms with van der Waals surface area (Å²) in [5, 5.41) is 7.98. The van der Waals surface area contributed by atoms with Crippen LogP contribution in [0.3, 0.4) is 0 Å². The highest BCUT2D eigenvalue weighted by atomic mass is 35.5. The molecule has 2 aromatic carbocycles. The van der Waals surface area contributed by atoms with Crippen molar-refractivity contribution in [3.63, 3.8) is 0 Å². The number of carbonyl (C=O) groups is 2. The first kappa shape index (κ1) is 21.9. The Morgan fingerprint density at radius 2 is 1.66 bits per heavy atom. The molecule has 166 valence electrons. The number of hydrogen-bond acceptors (Lipinski definition) is 4. The van der Waals surface area contributed by atoms with Gasteiger partial charge in [-0.25, -0.2) is 4.68 Å². The molecule has 1 fully saturated rings. The lowest BCUT2D eigenvalue weighted by Crippen LogP contribution is -2.51. The molecule has 1 N–H and O–H groups in total. The topological polar surface area (TPSA) is 70.5 Å². The van der Waals surface area contributed by atoms with Crippen molar-refractivity contribution >= 4 is 29.1 Å².